The van der Waals surface area contributed by atoms with Gasteiger partial charge < -0.3 is 5.11 Å². The lowest BCUT2D eigenvalue weighted by Crippen LogP contribution is -2.35. The second-order valence-corrected chi connectivity index (χ2v) is 5.70. The van der Waals surface area contributed by atoms with E-state index in [2.05, 4.69) is 5.43 Å². The Morgan fingerprint density at radius 3 is 2.52 bits per heavy atom. The zero-order chi connectivity index (χ0) is 16.6. The predicted molar refractivity (Wildman–Crippen MR) is 88.2 cm³/mol. The normalized spacial score (nSPS) is 16.1. The second kappa shape index (κ2) is 5.95. The lowest BCUT2D eigenvalue weighted by molar-refractivity contribution is -0.117. The number of phenolic OH excluding ortho intramolecular Hbond substituents is 1. The first-order chi connectivity index (χ1) is 11.0. The van der Waals surface area contributed by atoms with Crippen LogP contribution < -0.4 is 10.4 Å². The Labute approximate surface area is 141 Å². The van der Waals surface area contributed by atoms with Crippen LogP contribution in [0.25, 0.3) is 6.08 Å². The molecule has 2 N–H and O–H groups in total. The lowest BCUT2D eigenvalue weighted by atomic mass is 10.1. The van der Waals surface area contributed by atoms with E-state index in [1.54, 1.807) is 24.3 Å². The van der Waals surface area contributed by atoms with E-state index in [9.17, 15) is 14.7 Å². The van der Waals surface area contributed by atoms with Gasteiger partial charge in [0.1, 0.15) is 11.3 Å². The molecule has 0 aromatic heterocycles. The van der Waals surface area contributed by atoms with Gasteiger partial charge in [0.25, 0.3) is 11.8 Å². The number of rotatable bonds is 2. The number of halogens is 2. The Hall–Kier alpha value is -2.50. The van der Waals surface area contributed by atoms with Crippen molar-refractivity contribution in [1.29, 1.82) is 0 Å². The third-order valence-corrected chi connectivity index (χ3v) is 3.72. The number of hydrazine groups is 1. The molecule has 1 aliphatic rings. The fourth-order valence-electron chi connectivity index (χ4n) is 2.15. The number of amides is 2. The van der Waals surface area contributed by atoms with E-state index < -0.39 is 11.8 Å². The van der Waals surface area contributed by atoms with Crippen molar-refractivity contribution in [3.05, 3.63) is 63.6 Å². The number of hydrogen-bond donors (Lipinski definition) is 2. The van der Waals surface area contributed by atoms with Crippen molar-refractivity contribution in [3.8, 4) is 5.75 Å². The molecular weight excluding hydrogens is 339 g/mol. The van der Waals surface area contributed by atoms with Gasteiger partial charge in [-0.2, -0.15) is 0 Å². The highest BCUT2D eigenvalue weighted by atomic mass is 35.5. The first-order valence-electron chi connectivity index (χ1n) is 6.57. The number of aromatic hydroxyl groups is 1. The van der Waals surface area contributed by atoms with Gasteiger partial charge in [-0.15, -0.1) is 0 Å². The van der Waals surface area contributed by atoms with Crippen molar-refractivity contribution in [3.63, 3.8) is 0 Å². The maximum absolute atomic E-state index is 12.4. The fraction of sp³-hybridized carbons (Fsp3) is 0. The molecule has 2 aromatic rings. The molecule has 23 heavy (non-hydrogen) atoms. The second-order valence-electron chi connectivity index (χ2n) is 4.82. The molecule has 3 rings (SSSR count). The number of nitrogens with one attached hydrogen (secondary N) is 1. The van der Waals surface area contributed by atoms with Crippen molar-refractivity contribution >= 4 is 46.8 Å². The van der Waals surface area contributed by atoms with Gasteiger partial charge in [-0.25, -0.2) is 5.01 Å². The van der Waals surface area contributed by atoms with Gasteiger partial charge in [0.05, 0.1) is 5.69 Å². The van der Waals surface area contributed by atoms with E-state index in [0.29, 0.717) is 15.7 Å². The number of carbonyl (C=O) groups excluding carboxylic acids is 2. The first-order valence-corrected chi connectivity index (χ1v) is 7.32. The Kier molecular flexibility index (Phi) is 3.98. The average Bonchev–Trinajstić information content (AvgIpc) is 2.79. The molecule has 0 bridgehead atoms. The lowest BCUT2D eigenvalue weighted by Gasteiger charge is -2.14. The van der Waals surface area contributed by atoms with Crippen molar-refractivity contribution < 1.29 is 14.7 Å². The number of nitrogens with zero attached hydrogens (tertiary/aromatic N) is 1. The SMILES string of the molecule is O=C1NN(c2cccc(Cl)c2)C(=O)/C1=C\c1cc(Cl)ccc1O. The van der Waals surface area contributed by atoms with Crippen LogP contribution in [0.3, 0.4) is 0 Å². The summed E-state index contributed by atoms with van der Waals surface area (Å²) in [5, 5.41) is 11.7. The molecule has 0 atom stereocenters. The summed E-state index contributed by atoms with van der Waals surface area (Å²) in [7, 11) is 0. The summed E-state index contributed by atoms with van der Waals surface area (Å²) in [5.41, 5.74) is 3.07. The summed E-state index contributed by atoms with van der Waals surface area (Å²) in [6.07, 6.45) is 1.30. The highest BCUT2D eigenvalue weighted by molar-refractivity contribution is 6.33. The third kappa shape index (κ3) is 3.02. The molecule has 5 nitrogen and oxygen atoms in total. The molecule has 0 saturated carbocycles. The molecule has 0 radical (unpaired) electrons. The summed E-state index contributed by atoms with van der Waals surface area (Å²) >= 11 is 11.8. The monoisotopic (exact) mass is 348 g/mol. The Morgan fingerprint density at radius 2 is 1.78 bits per heavy atom. The molecule has 2 amide bonds. The van der Waals surface area contributed by atoms with Crippen LogP contribution in [-0.4, -0.2) is 16.9 Å². The van der Waals surface area contributed by atoms with Crippen LogP contribution in [-0.2, 0) is 9.59 Å². The Bertz CT molecular complexity index is 849. The minimum Gasteiger partial charge on any atom is -0.507 e. The average molecular weight is 349 g/mol. The van der Waals surface area contributed by atoms with Gasteiger partial charge in [-0.05, 0) is 42.5 Å². The predicted octanol–water partition coefficient (Wildman–Crippen LogP) is 3.16. The maximum atomic E-state index is 12.4. The van der Waals surface area contributed by atoms with Crippen LogP contribution >= 0.6 is 23.2 Å². The van der Waals surface area contributed by atoms with Crippen LogP contribution in [0.5, 0.6) is 5.75 Å². The topological polar surface area (TPSA) is 69.6 Å². The summed E-state index contributed by atoms with van der Waals surface area (Å²) in [5.74, 6) is -1.20. The van der Waals surface area contributed by atoms with Crippen LogP contribution in [0, 0.1) is 0 Å². The molecule has 116 valence electrons. The van der Waals surface area contributed by atoms with Gasteiger partial charge in [0.15, 0.2) is 0 Å². The summed E-state index contributed by atoms with van der Waals surface area (Å²) in [4.78, 5) is 24.5. The highest BCUT2D eigenvalue weighted by Crippen LogP contribution is 2.27. The maximum Gasteiger partial charge on any atom is 0.282 e. The van der Waals surface area contributed by atoms with Crippen molar-refractivity contribution in [2.24, 2.45) is 0 Å². The molecule has 1 saturated heterocycles. The van der Waals surface area contributed by atoms with Crippen LogP contribution in [0.2, 0.25) is 10.0 Å². The van der Waals surface area contributed by atoms with Gasteiger partial charge >= 0.3 is 0 Å². The molecule has 1 heterocycles. The molecule has 7 heteroatoms. The van der Waals surface area contributed by atoms with Gasteiger partial charge in [0.2, 0.25) is 0 Å². The fourth-order valence-corrected chi connectivity index (χ4v) is 2.52. The van der Waals surface area contributed by atoms with Crippen LogP contribution in [0.15, 0.2) is 48.0 Å². The van der Waals surface area contributed by atoms with Crippen LogP contribution in [0.4, 0.5) is 5.69 Å². The molecule has 2 aromatic carbocycles. The zero-order valence-electron chi connectivity index (χ0n) is 11.6. The molecular formula is C16H10Cl2N2O3. The van der Waals surface area contributed by atoms with Crippen molar-refractivity contribution in [2.75, 3.05) is 5.01 Å². The summed E-state index contributed by atoms with van der Waals surface area (Å²) < 4.78 is 0. The van der Waals surface area contributed by atoms with Gasteiger partial charge in [0, 0.05) is 15.6 Å². The first kappa shape index (κ1) is 15.4. The van der Waals surface area contributed by atoms with Crippen molar-refractivity contribution in [2.45, 2.75) is 0 Å². The standard InChI is InChI=1S/C16H10Cl2N2O3/c17-10-2-1-3-12(8-10)20-16(23)13(15(22)19-20)7-9-6-11(18)4-5-14(9)21/h1-8,21H,(H,19,22)/b13-7-. The van der Waals surface area contributed by atoms with Gasteiger partial charge in [-0.3, -0.25) is 15.0 Å². The van der Waals surface area contributed by atoms with E-state index in [0.717, 1.165) is 5.01 Å². The van der Waals surface area contributed by atoms with E-state index in [4.69, 9.17) is 23.2 Å². The van der Waals surface area contributed by atoms with Crippen molar-refractivity contribution in [1.82, 2.24) is 5.43 Å². The number of hydrogen-bond acceptors (Lipinski definition) is 3. The molecule has 0 aliphatic carbocycles. The van der Waals surface area contributed by atoms with Crippen LogP contribution in [0.1, 0.15) is 5.56 Å². The van der Waals surface area contributed by atoms with E-state index >= 15 is 0 Å². The molecule has 0 unspecified atom stereocenters. The summed E-state index contributed by atoms with van der Waals surface area (Å²) in [6, 6.07) is 10.9. The minimum absolute atomic E-state index is 0.0799. The molecule has 0 spiro atoms. The van der Waals surface area contributed by atoms with E-state index in [1.165, 1.54) is 24.3 Å². The van der Waals surface area contributed by atoms with E-state index in [1.807, 2.05) is 0 Å². The number of phenols is 1. The highest BCUT2D eigenvalue weighted by Gasteiger charge is 2.34. The quantitative estimate of drug-likeness (QED) is 0.646. The minimum atomic E-state index is -0.575. The number of anilines is 1. The van der Waals surface area contributed by atoms with Gasteiger partial charge in [-0.1, -0.05) is 29.3 Å². The molecule has 1 aliphatic heterocycles. The largest absolute Gasteiger partial charge is 0.507 e. The molecule has 1 fully saturated rings. The summed E-state index contributed by atoms with van der Waals surface area (Å²) in [6.45, 7) is 0. The zero-order valence-corrected chi connectivity index (χ0v) is 13.1. The Balaban J connectivity index is 1.99. The number of benzene rings is 2. The van der Waals surface area contributed by atoms with E-state index in [-0.39, 0.29) is 16.9 Å². The third-order valence-electron chi connectivity index (χ3n) is 3.25. The number of carbonyl (C=O) groups is 2. The Morgan fingerprint density at radius 1 is 1.04 bits per heavy atom. The smallest absolute Gasteiger partial charge is 0.282 e.